The second kappa shape index (κ2) is 13.7. The van der Waals surface area contributed by atoms with Gasteiger partial charge in [0, 0.05) is 18.5 Å². The molecule has 1 rings (SSSR count). The fraction of sp³-hybridized carbons (Fsp3) is 0.760. The molecule has 0 aromatic carbocycles. The predicted molar refractivity (Wildman–Crippen MR) is 135 cm³/mol. The standard InChI is InChI=1S/C25H35F7N4O8/c1-11(2)36(21(43)44-10-22(26,27)24(28,29)25(30,31)32)23(17(39)13(4)33,18(40)14(5)34)19(41)15-7-6-8-35(15)20(42)12(3)9-16(37)38/h11-15H,6-10,33-34H2,1-5H3,(H,37,38)/t12?,13-,14-,15-/m0/s1. The molecule has 0 aliphatic carbocycles. The number of nitrogens with two attached hydrogens (primary N) is 2. The van der Waals surface area contributed by atoms with Crippen LogP contribution in [0.4, 0.5) is 35.5 Å². The summed E-state index contributed by atoms with van der Waals surface area (Å²) in [7, 11) is 0. The molecule has 5 N–H and O–H groups in total. The van der Waals surface area contributed by atoms with Gasteiger partial charge in [0.2, 0.25) is 11.4 Å². The zero-order chi connectivity index (χ0) is 34.7. The molecule has 44 heavy (non-hydrogen) atoms. The van der Waals surface area contributed by atoms with E-state index in [1.54, 1.807) is 0 Å². The van der Waals surface area contributed by atoms with Crippen LogP contribution in [-0.4, -0.2) is 111 Å². The number of rotatable bonds is 14. The Balaban J connectivity index is 3.86. The first-order valence-electron chi connectivity index (χ1n) is 13.2. The van der Waals surface area contributed by atoms with E-state index < -0.39 is 102 Å². The molecule has 1 fully saturated rings. The minimum Gasteiger partial charge on any atom is -0.481 e. The van der Waals surface area contributed by atoms with E-state index in [1.807, 2.05) is 0 Å². The van der Waals surface area contributed by atoms with Crippen molar-refractivity contribution in [1.82, 2.24) is 9.80 Å². The number of amides is 2. The molecule has 252 valence electrons. The Labute approximate surface area is 247 Å². The molecule has 1 saturated heterocycles. The lowest BCUT2D eigenvalue weighted by Crippen LogP contribution is -2.75. The number of aliphatic carboxylic acids is 1. The van der Waals surface area contributed by atoms with Crippen LogP contribution in [0.15, 0.2) is 0 Å². The molecule has 0 bridgehead atoms. The third kappa shape index (κ3) is 7.30. The maximum Gasteiger partial charge on any atom is 0.460 e. The Morgan fingerprint density at radius 1 is 0.909 bits per heavy atom. The van der Waals surface area contributed by atoms with Gasteiger partial charge in [0.15, 0.2) is 24.0 Å². The minimum absolute atomic E-state index is 0.0177. The number of carboxylic acid groups (broad SMARTS) is 1. The molecule has 4 atom stereocenters. The van der Waals surface area contributed by atoms with Crippen LogP contribution in [0.1, 0.15) is 53.9 Å². The van der Waals surface area contributed by atoms with E-state index in [4.69, 9.17) is 16.6 Å². The first kappa shape index (κ1) is 38.7. The zero-order valence-corrected chi connectivity index (χ0v) is 24.4. The number of nitrogens with zero attached hydrogens (tertiary/aromatic N) is 2. The van der Waals surface area contributed by atoms with Crippen molar-refractivity contribution in [2.75, 3.05) is 13.2 Å². The van der Waals surface area contributed by atoms with Gasteiger partial charge in [0.25, 0.3) is 0 Å². The normalized spacial score (nSPS) is 18.4. The molecule has 0 saturated carbocycles. The largest absolute Gasteiger partial charge is 0.481 e. The van der Waals surface area contributed by atoms with Crippen molar-refractivity contribution in [1.29, 1.82) is 0 Å². The highest BCUT2D eigenvalue weighted by atomic mass is 19.4. The minimum atomic E-state index is -6.77. The molecule has 2 amide bonds. The Morgan fingerprint density at radius 2 is 1.39 bits per heavy atom. The number of ketones is 3. The fourth-order valence-electron chi connectivity index (χ4n) is 4.81. The van der Waals surface area contributed by atoms with E-state index in [2.05, 4.69) is 4.74 Å². The molecule has 12 nitrogen and oxygen atoms in total. The number of likely N-dealkylation sites (tertiary alicyclic amines) is 1. The highest BCUT2D eigenvalue weighted by Crippen LogP contribution is 2.46. The van der Waals surface area contributed by atoms with Crippen LogP contribution in [0.2, 0.25) is 0 Å². The summed E-state index contributed by atoms with van der Waals surface area (Å²) in [6.07, 6.45) is -9.88. The van der Waals surface area contributed by atoms with Crippen LogP contribution < -0.4 is 11.5 Å². The molecule has 0 aromatic rings. The summed E-state index contributed by atoms with van der Waals surface area (Å²) in [5, 5.41) is 9.07. The number of ether oxygens (including phenoxy) is 1. The number of carbonyl (C=O) groups excluding carboxylic acids is 5. The highest BCUT2D eigenvalue weighted by molar-refractivity contribution is 6.34. The monoisotopic (exact) mass is 652 g/mol. The Kier molecular flexibility index (Phi) is 12.1. The van der Waals surface area contributed by atoms with Crippen molar-refractivity contribution >= 4 is 35.3 Å². The zero-order valence-electron chi connectivity index (χ0n) is 24.4. The Bertz CT molecular complexity index is 1120. The van der Waals surface area contributed by atoms with E-state index in [0.29, 0.717) is 0 Å². The van der Waals surface area contributed by atoms with E-state index in [9.17, 15) is 59.5 Å². The predicted octanol–water partition coefficient (Wildman–Crippen LogP) is 1.91. The maximum absolute atomic E-state index is 14.3. The average Bonchev–Trinajstić information content (AvgIpc) is 3.37. The van der Waals surface area contributed by atoms with Gasteiger partial charge in [-0.15, -0.1) is 0 Å². The number of carboxylic acids is 1. The van der Waals surface area contributed by atoms with Crippen LogP contribution in [0.25, 0.3) is 0 Å². The number of alkyl halides is 7. The molecular weight excluding hydrogens is 617 g/mol. The molecule has 1 unspecified atom stereocenters. The second-order valence-corrected chi connectivity index (χ2v) is 10.9. The lowest BCUT2D eigenvalue weighted by atomic mass is 9.74. The lowest BCUT2D eigenvalue weighted by Gasteiger charge is -2.45. The highest BCUT2D eigenvalue weighted by Gasteiger charge is 2.73. The van der Waals surface area contributed by atoms with Crippen molar-refractivity contribution in [3.63, 3.8) is 0 Å². The van der Waals surface area contributed by atoms with Crippen molar-refractivity contribution in [3.8, 4) is 0 Å². The SMILES string of the molecule is CC(CC(=O)O)C(=O)N1CCC[C@H]1C(=O)C(C(=O)[C@H](C)N)(C(=O)[C@H](C)N)N(C(=O)OCC(F)(F)C(F)(F)C(F)(F)F)C(C)C. The van der Waals surface area contributed by atoms with E-state index in [-0.39, 0.29) is 24.3 Å². The van der Waals surface area contributed by atoms with Gasteiger partial charge in [0.1, 0.15) is 0 Å². The lowest BCUT2D eigenvalue weighted by molar-refractivity contribution is -0.359. The molecule has 0 radical (unpaired) electrons. The van der Waals surface area contributed by atoms with Gasteiger partial charge in [-0.05, 0) is 40.5 Å². The first-order chi connectivity index (χ1) is 19.8. The number of hydrogen-bond donors (Lipinski definition) is 3. The summed E-state index contributed by atoms with van der Waals surface area (Å²) in [6, 6.07) is -6.86. The maximum atomic E-state index is 14.3. The molecule has 0 spiro atoms. The van der Waals surface area contributed by atoms with E-state index in [1.165, 1.54) is 6.92 Å². The quantitative estimate of drug-likeness (QED) is 0.185. The van der Waals surface area contributed by atoms with Crippen LogP contribution in [0.3, 0.4) is 0 Å². The summed E-state index contributed by atoms with van der Waals surface area (Å²) in [5.74, 6) is -20.8. The molecule has 1 aliphatic rings. The van der Waals surface area contributed by atoms with Crippen LogP contribution >= 0.6 is 0 Å². The second-order valence-electron chi connectivity index (χ2n) is 10.9. The van der Waals surface area contributed by atoms with Gasteiger partial charge >= 0.3 is 30.1 Å². The number of hydrogen-bond acceptors (Lipinski definition) is 9. The number of Topliss-reactive ketones (excluding diaryl/α,β-unsaturated/α-hetero) is 3. The van der Waals surface area contributed by atoms with Gasteiger partial charge in [-0.1, -0.05) is 6.92 Å². The summed E-state index contributed by atoms with van der Waals surface area (Å²) < 4.78 is 96.9. The molecule has 0 aromatic heterocycles. The van der Waals surface area contributed by atoms with Crippen LogP contribution in [0.5, 0.6) is 0 Å². The van der Waals surface area contributed by atoms with Crippen molar-refractivity contribution in [2.45, 2.75) is 102 Å². The van der Waals surface area contributed by atoms with E-state index >= 15 is 0 Å². The molecule has 19 heteroatoms. The molecular formula is C25H35F7N4O8. The van der Waals surface area contributed by atoms with E-state index in [0.717, 1.165) is 32.6 Å². The van der Waals surface area contributed by atoms with Gasteiger partial charge in [-0.3, -0.25) is 28.9 Å². The van der Waals surface area contributed by atoms with Crippen LogP contribution in [-0.2, 0) is 28.7 Å². The number of halogens is 7. The summed E-state index contributed by atoms with van der Waals surface area (Å²) in [5.41, 5.74) is 7.99. The fourth-order valence-corrected chi connectivity index (χ4v) is 4.81. The van der Waals surface area contributed by atoms with Crippen LogP contribution in [0, 0.1) is 5.92 Å². The molecule has 1 aliphatic heterocycles. The smallest absolute Gasteiger partial charge is 0.460 e. The Morgan fingerprint density at radius 3 is 1.77 bits per heavy atom. The summed E-state index contributed by atoms with van der Waals surface area (Å²) in [6.45, 7) is 2.13. The van der Waals surface area contributed by atoms with Crippen molar-refractivity contribution in [2.24, 2.45) is 17.4 Å². The van der Waals surface area contributed by atoms with Crippen molar-refractivity contribution < 1.29 is 69.3 Å². The van der Waals surface area contributed by atoms with Gasteiger partial charge in [0.05, 0.1) is 24.5 Å². The average molecular weight is 653 g/mol. The molecule has 1 heterocycles. The van der Waals surface area contributed by atoms with Crippen molar-refractivity contribution in [3.05, 3.63) is 0 Å². The summed E-state index contributed by atoms with van der Waals surface area (Å²) in [4.78, 5) is 80.1. The topological polar surface area (TPSA) is 190 Å². The van der Waals surface area contributed by atoms with Gasteiger partial charge in [-0.2, -0.15) is 30.7 Å². The third-order valence-corrected chi connectivity index (χ3v) is 6.90. The van der Waals surface area contributed by atoms with Gasteiger partial charge in [-0.25, -0.2) is 4.79 Å². The Hall–Kier alpha value is -3.35. The van der Waals surface area contributed by atoms with Gasteiger partial charge < -0.3 is 26.2 Å². The first-order valence-corrected chi connectivity index (χ1v) is 13.2. The third-order valence-electron chi connectivity index (χ3n) is 6.90. The summed E-state index contributed by atoms with van der Waals surface area (Å²) >= 11 is 0. The number of carbonyl (C=O) groups is 6.